The van der Waals surface area contributed by atoms with Crippen molar-refractivity contribution in [3.05, 3.63) is 0 Å². The number of hydrogen-bond donors (Lipinski definition) is 2. The third kappa shape index (κ3) is 5.00. The van der Waals surface area contributed by atoms with Gasteiger partial charge in [-0.15, -0.1) is 0 Å². The zero-order valence-corrected chi connectivity index (χ0v) is 13.2. The molecule has 6 nitrogen and oxygen atoms in total. The van der Waals surface area contributed by atoms with Gasteiger partial charge in [-0.1, -0.05) is 0 Å². The van der Waals surface area contributed by atoms with Crippen molar-refractivity contribution in [3.8, 4) is 0 Å². The Hall–Kier alpha value is -1.30. The van der Waals surface area contributed by atoms with Crippen LogP contribution in [0.3, 0.4) is 0 Å². The largest absolute Gasteiger partial charge is 0.444 e. The molecule has 116 valence electrons. The first kappa shape index (κ1) is 16.8. The van der Waals surface area contributed by atoms with Crippen molar-refractivity contribution >= 4 is 12.0 Å². The molecule has 0 saturated carbocycles. The minimum absolute atomic E-state index is 0.102. The minimum atomic E-state index is -0.982. The van der Waals surface area contributed by atoms with Crippen LogP contribution in [0.5, 0.6) is 0 Å². The van der Waals surface area contributed by atoms with E-state index in [0.29, 0.717) is 13.1 Å². The third-order valence-electron chi connectivity index (χ3n) is 3.17. The molecule has 1 heterocycles. The van der Waals surface area contributed by atoms with Crippen LogP contribution in [-0.4, -0.2) is 47.2 Å². The molecule has 0 radical (unpaired) electrons. The Morgan fingerprint density at radius 3 is 2.10 bits per heavy atom. The highest BCUT2D eigenvalue weighted by Crippen LogP contribution is 2.16. The van der Waals surface area contributed by atoms with Gasteiger partial charge in [0.05, 0.1) is 0 Å². The zero-order chi connectivity index (χ0) is 15.6. The van der Waals surface area contributed by atoms with Crippen molar-refractivity contribution in [2.75, 3.05) is 13.1 Å². The summed E-state index contributed by atoms with van der Waals surface area (Å²) in [5, 5.41) is 2.64. The van der Waals surface area contributed by atoms with E-state index in [1.54, 1.807) is 39.5 Å². The monoisotopic (exact) mass is 285 g/mol. The molecule has 1 fully saturated rings. The lowest BCUT2D eigenvalue weighted by Crippen LogP contribution is -2.58. The van der Waals surface area contributed by atoms with Crippen LogP contribution in [0.2, 0.25) is 0 Å². The lowest BCUT2D eigenvalue weighted by atomic mass is 10.00. The molecule has 0 spiro atoms. The zero-order valence-electron chi connectivity index (χ0n) is 13.2. The fourth-order valence-corrected chi connectivity index (χ4v) is 2.11. The maximum absolute atomic E-state index is 12.4. The smallest absolute Gasteiger partial charge is 0.408 e. The van der Waals surface area contributed by atoms with Crippen LogP contribution in [0.15, 0.2) is 0 Å². The number of piperidine rings is 1. The molecule has 20 heavy (non-hydrogen) atoms. The Morgan fingerprint density at radius 2 is 1.65 bits per heavy atom. The number of amides is 2. The van der Waals surface area contributed by atoms with Crippen molar-refractivity contribution < 1.29 is 14.3 Å². The van der Waals surface area contributed by atoms with Gasteiger partial charge >= 0.3 is 6.09 Å². The van der Waals surface area contributed by atoms with E-state index in [-0.39, 0.29) is 11.9 Å². The summed E-state index contributed by atoms with van der Waals surface area (Å²) in [5.41, 5.74) is 4.26. The lowest BCUT2D eigenvalue weighted by Gasteiger charge is -2.36. The predicted octanol–water partition coefficient (Wildman–Crippen LogP) is 1.24. The standard InChI is InChI=1S/C14H27N3O3/c1-13(2,3)20-12(19)16-14(4,5)11(18)17-8-6-10(15)7-9-17/h10H,6-9,15H2,1-5H3,(H,16,19). The fraction of sp³-hybridized carbons (Fsp3) is 0.857. The molecule has 0 bridgehead atoms. The number of likely N-dealkylation sites (tertiary alicyclic amines) is 1. The van der Waals surface area contributed by atoms with Gasteiger partial charge in [-0.05, 0) is 47.5 Å². The first-order valence-corrected chi connectivity index (χ1v) is 7.07. The first-order valence-electron chi connectivity index (χ1n) is 7.07. The molecule has 6 heteroatoms. The molecule has 1 aliphatic heterocycles. The lowest BCUT2D eigenvalue weighted by molar-refractivity contribution is -0.138. The van der Waals surface area contributed by atoms with E-state index >= 15 is 0 Å². The van der Waals surface area contributed by atoms with Gasteiger partial charge in [-0.25, -0.2) is 4.79 Å². The molecule has 1 saturated heterocycles. The van der Waals surface area contributed by atoms with E-state index in [4.69, 9.17) is 10.5 Å². The van der Waals surface area contributed by atoms with Gasteiger partial charge in [0.15, 0.2) is 0 Å². The van der Waals surface area contributed by atoms with E-state index < -0.39 is 17.2 Å². The minimum Gasteiger partial charge on any atom is -0.444 e. The summed E-state index contributed by atoms with van der Waals surface area (Å²) in [7, 11) is 0. The number of nitrogens with one attached hydrogen (secondary N) is 1. The third-order valence-corrected chi connectivity index (χ3v) is 3.17. The molecule has 0 aromatic heterocycles. The summed E-state index contributed by atoms with van der Waals surface area (Å²) in [4.78, 5) is 26.0. The summed E-state index contributed by atoms with van der Waals surface area (Å²) in [5.74, 6) is -0.102. The highest BCUT2D eigenvalue weighted by molar-refractivity contribution is 5.89. The van der Waals surface area contributed by atoms with Crippen LogP contribution < -0.4 is 11.1 Å². The first-order chi connectivity index (χ1) is 9.01. The van der Waals surface area contributed by atoms with Gasteiger partial charge < -0.3 is 20.7 Å². The van der Waals surface area contributed by atoms with Crippen LogP contribution in [-0.2, 0) is 9.53 Å². The van der Waals surface area contributed by atoms with E-state index in [1.165, 1.54) is 0 Å². The molecule has 1 aliphatic rings. The second-order valence-electron chi connectivity index (χ2n) is 6.88. The highest BCUT2D eigenvalue weighted by atomic mass is 16.6. The highest BCUT2D eigenvalue weighted by Gasteiger charge is 2.36. The van der Waals surface area contributed by atoms with Gasteiger partial charge in [0.2, 0.25) is 5.91 Å². The summed E-state index contributed by atoms with van der Waals surface area (Å²) < 4.78 is 5.19. The normalized spacial score (nSPS) is 17.8. The molecule has 0 unspecified atom stereocenters. The summed E-state index contributed by atoms with van der Waals surface area (Å²) in [6.45, 7) is 10.0. The summed E-state index contributed by atoms with van der Waals surface area (Å²) in [6, 6.07) is 0.168. The molecule has 3 N–H and O–H groups in total. The summed E-state index contributed by atoms with van der Waals surface area (Å²) >= 11 is 0. The number of carbonyl (C=O) groups is 2. The number of nitrogens with two attached hydrogens (primary N) is 1. The fourth-order valence-electron chi connectivity index (χ4n) is 2.11. The molecule has 0 aromatic rings. The number of hydrogen-bond acceptors (Lipinski definition) is 4. The van der Waals surface area contributed by atoms with Gasteiger partial charge in [0.1, 0.15) is 11.1 Å². The average Bonchev–Trinajstić information content (AvgIpc) is 2.25. The maximum atomic E-state index is 12.4. The van der Waals surface area contributed by atoms with Crippen LogP contribution in [0.4, 0.5) is 4.79 Å². The van der Waals surface area contributed by atoms with Crippen molar-refractivity contribution in [2.24, 2.45) is 5.73 Å². The Bertz CT molecular complexity index is 366. The number of nitrogens with zero attached hydrogens (tertiary/aromatic N) is 1. The van der Waals surface area contributed by atoms with Crippen LogP contribution in [0.1, 0.15) is 47.5 Å². The Morgan fingerprint density at radius 1 is 1.15 bits per heavy atom. The molecular formula is C14H27N3O3. The number of ether oxygens (including phenoxy) is 1. The molecule has 0 atom stereocenters. The Balaban J connectivity index is 2.59. The maximum Gasteiger partial charge on any atom is 0.408 e. The number of rotatable bonds is 2. The van der Waals surface area contributed by atoms with Crippen molar-refractivity contribution in [1.82, 2.24) is 10.2 Å². The molecular weight excluding hydrogens is 258 g/mol. The number of alkyl carbamates (subject to hydrolysis) is 1. The second-order valence-corrected chi connectivity index (χ2v) is 6.88. The van der Waals surface area contributed by atoms with E-state index in [1.807, 2.05) is 0 Å². The Labute approximate surface area is 121 Å². The second kappa shape index (κ2) is 5.99. The van der Waals surface area contributed by atoms with Crippen molar-refractivity contribution in [3.63, 3.8) is 0 Å². The van der Waals surface area contributed by atoms with Gasteiger partial charge in [-0.2, -0.15) is 0 Å². The van der Waals surface area contributed by atoms with E-state index in [0.717, 1.165) is 12.8 Å². The van der Waals surface area contributed by atoms with E-state index in [9.17, 15) is 9.59 Å². The summed E-state index contributed by atoms with van der Waals surface area (Å²) in [6.07, 6.45) is 1.02. The van der Waals surface area contributed by atoms with Crippen LogP contribution >= 0.6 is 0 Å². The molecule has 0 aliphatic carbocycles. The van der Waals surface area contributed by atoms with Crippen LogP contribution in [0.25, 0.3) is 0 Å². The van der Waals surface area contributed by atoms with Crippen LogP contribution in [0, 0.1) is 0 Å². The Kier molecular flexibility index (Phi) is 5.02. The van der Waals surface area contributed by atoms with E-state index in [2.05, 4.69) is 5.32 Å². The van der Waals surface area contributed by atoms with Gasteiger partial charge in [0, 0.05) is 19.1 Å². The molecule has 0 aromatic carbocycles. The topological polar surface area (TPSA) is 84.7 Å². The van der Waals surface area contributed by atoms with Crippen molar-refractivity contribution in [1.29, 1.82) is 0 Å². The van der Waals surface area contributed by atoms with Gasteiger partial charge in [0.25, 0.3) is 0 Å². The SMILES string of the molecule is CC(C)(C)OC(=O)NC(C)(C)C(=O)N1CCC(N)CC1. The predicted molar refractivity (Wildman–Crippen MR) is 77.2 cm³/mol. The number of carbonyl (C=O) groups excluding carboxylic acids is 2. The quantitative estimate of drug-likeness (QED) is 0.799. The molecule has 2 amide bonds. The average molecular weight is 285 g/mol. The van der Waals surface area contributed by atoms with Crippen molar-refractivity contribution in [2.45, 2.75) is 64.6 Å². The molecule has 1 rings (SSSR count). The van der Waals surface area contributed by atoms with Gasteiger partial charge in [-0.3, -0.25) is 4.79 Å².